The van der Waals surface area contributed by atoms with Crippen molar-refractivity contribution in [2.24, 2.45) is 22.4 Å². The molecular formula is C24H27N3O5S. The third-order valence-corrected chi connectivity index (χ3v) is 8.22. The second-order valence-corrected chi connectivity index (χ2v) is 10.8. The number of rotatable bonds is 4. The number of nitrogens with zero attached hydrogens (tertiary/aromatic N) is 2. The van der Waals surface area contributed by atoms with E-state index in [4.69, 9.17) is 9.32 Å². The number of carbonyl (C=O) groups excluding carboxylic acids is 2. The van der Waals surface area contributed by atoms with E-state index in [2.05, 4.69) is 4.98 Å². The molecule has 33 heavy (non-hydrogen) atoms. The lowest BCUT2D eigenvalue weighted by Crippen LogP contribution is -2.58. The summed E-state index contributed by atoms with van der Waals surface area (Å²) in [6, 6.07) is 8.98. The maximum Gasteiger partial charge on any atom is 0.380 e. The Morgan fingerprint density at radius 1 is 1.24 bits per heavy atom. The van der Waals surface area contributed by atoms with Crippen LogP contribution in [0.15, 0.2) is 42.7 Å². The number of pyridine rings is 1. The molecule has 174 valence electrons. The van der Waals surface area contributed by atoms with Crippen LogP contribution in [-0.2, 0) is 32.9 Å². The summed E-state index contributed by atoms with van der Waals surface area (Å²) in [6.07, 6.45) is 6.88. The molecule has 9 heteroatoms. The van der Waals surface area contributed by atoms with E-state index in [0.717, 1.165) is 36.0 Å². The summed E-state index contributed by atoms with van der Waals surface area (Å²) in [6.45, 7) is 2.29. The number of aromatic nitrogens is 1. The van der Waals surface area contributed by atoms with Gasteiger partial charge in [0.25, 0.3) is 0 Å². The maximum absolute atomic E-state index is 13.6. The van der Waals surface area contributed by atoms with E-state index in [1.165, 1.54) is 4.90 Å². The van der Waals surface area contributed by atoms with Crippen molar-refractivity contribution in [3.8, 4) is 5.75 Å². The van der Waals surface area contributed by atoms with Crippen molar-refractivity contribution < 1.29 is 22.2 Å². The number of likely N-dealkylation sites (tertiary alicyclic amines) is 1. The standard InChI is InChI=1S/C24H27N3O5S/c1-24-9-8-19-18-7-5-17(32-33(25,30)31)11-16(18)4-6-20(19)21(24)12-22(28)27(23(24)29)14-15-3-2-10-26-13-15/h2-3,5,7,10-11,13,19-21H,4,6,8-9,12,14H2,1H3,(H2,25,30,31)/t19?,20?,21?,24-/m0/s1. The zero-order chi connectivity index (χ0) is 23.4. The molecule has 1 saturated carbocycles. The first-order valence-corrected chi connectivity index (χ1v) is 12.7. The fourth-order valence-corrected chi connectivity index (χ4v) is 6.63. The second-order valence-electron chi connectivity index (χ2n) is 9.66. The fourth-order valence-electron chi connectivity index (χ4n) is 6.26. The van der Waals surface area contributed by atoms with Gasteiger partial charge < -0.3 is 4.18 Å². The van der Waals surface area contributed by atoms with Crippen molar-refractivity contribution in [1.29, 1.82) is 0 Å². The van der Waals surface area contributed by atoms with E-state index in [9.17, 15) is 18.0 Å². The van der Waals surface area contributed by atoms with E-state index in [-0.39, 0.29) is 41.9 Å². The molecule has 4 atom stereocenters. The Hall–Kier alpha value is -2.78. The van der Waals surface area contributed by atoms with Gasteiger partial charge in [-0.05, 0) is 78.3 Å². The summed E-state index contributed by atoms with van der Waals surface area (Å²) in [7, 11) is -4.07. The Kier molecular flexibility index (Phi) is 5.29. The number of carbonyl (C=O) groups is 2. The molecule has 2 heterocycles. The molecule has 2 N–H and O–H groups in total. The maximum atomic E-state index is 13.6. The zero-order valence-corrected chi connectivity index (χ0v) is 19.3. The summed E-state index contributed by atoms with van der Waals surface area (Å²) in [5.74, 6) is 0.485. The largest absolute Gasteiger partial charge is 0.380 e. The van der Waals surface area contributed by atoms with Crippen LogP contribution in [0.1, 0.15) is 55.2 Å². The van der Waals surface area contributed by atoms with E-state index < -0.39 is 15.7 Å². The number of hydrogen-bond donors (Lipinski definition) is 1. The van der Waals surface area contributed by atoms with Gasteiger partial charge in [0, 0.05) is 18.8 Å². The first-order chi connectivity index (χ1) is 15.7. The third kappa shape index (κ3) is 3.93. The molecule has 8 nitrogen and oxygen atoms in total. The highest BCUT2D eigenvalue weighted by Crippen LogP contribution is 2.58. The average molecular weight is 470 g/mol. The molecule has 2 amide bonds. The van der Waals surface area contributed by atoms with Crippen molar-refractivity contribution in [2.45, 2.75) is 51.5 Å². The van der Waals surface area contributed by atoms with Crippen molar-refractivity contribution >= 4 is 22.1 Å². The second kappa shape index (κ2) is 7.92. The average Bonchev–Trinajstić information content (AvgIpc) is 2.77. The molecule has 1 aliphatic heterocycles. The summed E-state index contributed by atoms with van der Waals surface area (Å²) in [5, 5.41) is 5.00. The van der Waals surface area contributed by atoms with Gasteiger partial charge in [0.1, 0.15) is 5.75 Å². The summed E-state index contributed by atoms with van der Waals surface area (Å²) < 4.78 is 27.4. The lowest BCUT2D eigenvalue weighted by molar-refractivity contribution is -0.168. The molecule has 0 bridgehead atoms. The summed E-state index contributed by atoms with van der Waals surface area (Å²) >= 11 is 0. The smallest absolute Gasteiger partial charge is 0.371 e. The lowest BCUT2D eigenvalue weighted by Gasteiger charge is -2.54. The topological polar surface area (TPSA) is 120 Å². The van der Waals surface area contributed by atoms with Crippen LogP contribution < -0.4 is 9.32 Å². The Balaban J connectivity index is 1.40. The molecule has 1 aromatic heterocycles. The number of hydrogen-bond acceptors (Lipinski definition) is 6. The first-order valence-electron chi connectivity index (χ1n) is 11.2. The van der Waals surface area contributed by atoms with Gasteiger partial charge >= 0.3 is 10.3 Å². The summed E-state index contributed by atoms with van der Waals surface area (Å²) in [4.78, 5) is 32.2. The number of nitrogens with two attached hydrogens (primary N) is 1. The zero-order valence-electron chi connectivity index (χ0n) is 18.4. The monoisotopic (exact) mass is 469 g/mol. The molecule has 0 spiro atoms. The van der Waals surface area contributed by atoms with Crippen molar-refractivity contribution in [1.82, 2.24) is 9.88 Å². The molecule has 1 saturated heterocycles. The van der Waals surface area contributed by atoms with Crippen molar-refractivity contribution in [3.63, 3.8) is 0 Å². The highest BCUT2D eigenvalue weighted by atomic mass is 32.2. The highest BCUT2D eigenvalue weighted by Gasteiger charge is 2.57. The highest BCUT2D eigenvalue weighted by molar-refractivity contribution is 7.84. The first kappa shape index (κ1) is 22.0. The number of amides is 2. The van der Waals surface area contributed by atoms with Gasteiger partial charge in [-0.2, -0.15) is 13.6 Å². The molecule has 5 rings (SSSR count). The minimum atomic E-state index is -4.07. The van der Waals surface area contributed by atoms with E-state index >= 15 is 0 Å². The normalized spacial score (nSPS) is 29.2. The molecule has 3 unspecified atom stereocenters. The summed E-state index contributed by atoms with van der Waals surface area (Å²) in [5.41, 5.74) is 2.49. The Morgan fingerprint density at radius 2 is 2.06 bits per heavy atom. The van der Waals surface area contributed by atoms with Crippen LogP contribution in [0.3, 0.4) is 0 Å². The van der Waals surface area contributed by atoms with Gasteiger partial charge in [0.15, 0.2) is 0 Å². The van der Waals surface area contributed by atoms with Crippen molar-refractivity contribution in [3.05, 3.63) is 59.4 Å². The van der Waals surface area contributed by atoms with Crippen LogP contribution >= 0.6 is 0 Å². The molecule has 2 fully saturated rings. The van der Waals surface area contributed by atoms with Crippen LogP contribution in [0, 0.1) is 17.3 Å². The molecule has 3 aliphatic rings. The molecular weight excluding hydrogens is 442 g/mol. The number of benzene rings is 1. The van der Waals surface area contributed by atoms with E-state index in [0.29, 0.717) is 12.8 Å². The SMILES string of the molecule is C[C@]12CCC3c4ccc(OS(N)(=O)=O)cc4CCC3C1CC(=O)N(Cc1cccnc1)C2=O. The van der Waals surface area contributed by atoms with Crippen molar-refractivity contribution in [2.75, 3.05) is 0 Å². The number of fused-ring (bicyclic) bond motifs is 5. The number of aryl methyl sites for hydroxylation is 1. The predicted octanol–water partition coefficient (Wildman–Crippen LogP) is 2.69. The fraction of sp³-hybridized carbons (Fsp3) is 0.458. The van der Waals surface area contributed by atoms with Gasteiger partial charge in [0.05, 0.1) is 12.0 Å². The predicted molar refractivity (Wildman–Crippen MR) is 120 cm³/mol. The van der Waals surface area contributed by atoms with Gasteiger partial charge in [0.2, 0.25) is 11.8 Å². The molecule has 0 radical (unpaired) electrons. The van der Waals surface area contributed by atoms with Crippen LogP contribution in [0.4, 0.5) is 0 Å². The Bertz CT molecular complexity index is 1220. The van der Waals surface area contributed by atoms with Gasteiger partial charge in [-0.3, -0.25) is 19.5 Å². The molecule has 2 aliphatic carbocycles. The van der Waals surface area contributed by atoms with E-state index in [1.807, 2.05) is 25.1 Å². The molecule has 2 aromatic rings. The van der Waals surface area contributed by atoms with Crippen LogP contribution in [0.2, 0.25) is 0 Å². The van der Waals surface area contributed by atoms with Gasteiger partial charge in [-0.1, -0.05) is 19.1 Å². The Morgan fingerprint density at radius 3 is 2.79 bits per heavy atom. The van der Waals surface area contributed by atoms with E-state index in [1.54, 1.807) is 24.5 Å². The Labute approximate surface area is 193 Å². The minimum Gasteiger partial charge on any atom is -0.371 e. The quantitative estimate of drug-likeness (QED) is 0.688. The van der Waals surface area contributed by atoms with Crippen LogP contribution in [0.25, 0.3) is 0 Å². The van der Waals surface area contributed by atoms with Crippen LogP contribution in [0.5, 0.6) is 5.75 Å². The van der Waals surface area contributed by atoms with Gasteiger partial charge in [-0.15, -0.1) is 0 Å². The number of piperidine rings is 1. The lowest BCUT2D eigenvalue weighted by atomic mass is 9.52. The van der Waals surface area contributed by atoms with Crippen LogP contribution in [-0.4, -0.2) is 30.1 Å². The minimum absolute atomic E-state index is 0.00473. The number of imide groups is 1. The van der Waals surface area contributed by atoms with Gasteiger partial charge in [-0.25, -0.2) is 0 Å². The molecule has 1 aromatic carbocycles. The third-order valence-electron chi connectivity index (χ3n) is 7.79.